The van der Waals surface area contributed by atoms with Crippen LogP contribution in [-0.2, 0) is 17.6 Å². The highest BCUT2D eigenvalue weighted by Gasteiger charge is 2.47. The predicted molar refractivity (Wildman–Crippen MR) is 65.6 cm³/mol. The molecule has 1 aromatic rings. The summed E-state index contributed by atoms with van der Waals surface area (Å²) in [6.07, 6.45) is 2.05. The Labute approximate surface area is 107 Å². The summed E-state index contributed by atoms with van der Waals surface area (Å²) in [6.45, 7) is 0. The first-order valence-electron chi connectivity index (χ1n) is 5.50. The van der Waals surface area contributed by atoms with Crippen molar-refractivity contribution in [2.45, 2.75) is 24.8 Å². The van der Waals surface area contributed by atoms with Crippen LogP contribution < -0.4 is 10.6 Å². The van der Waals surface area contributed by atoms with E-state index in [1.807, 2.05) is 12.1 Å². The second-order valence-corrected chi connectivity index (χ2v) is 5.50. The molecule has 3 rings (SSSR count). The van der Waals surface area contributed by atoms with Gasteiger partial charge in [-0.2, -0.15) is 0 Å². The van der Waals surface area contributed by atoms with Gasteiger partial charge in [-0.15, -0.1) is 0 Å². The number of carbonyl (C=O) groups is 2. The predicted octanol–water partition coefficient (Wildman–Crippen LogP) is 1.52. The molecule has 1 fully saturated rings. The fourth-order valence-electron chi connectivity index (χ4n) is 2.59. The molecule has 88 valence electrons. The number of rotatable bonds is 0. The third-order valence-electron chi connectivity index (χ3n) is 3.50. The second-order valence-electron chi connectivity index (χ2n) is 4.58. The maximum atomic E-state index is 11.9. The van der Waals surface area contributed by atoms with Gasteiger partial charge in [-0.1, -0.05) is 22.0 Å². The summed E-state index contributed by atoms with van der Waals surface area (Å²) < 4.78 is 0.998. The smallest absolute Gasteiger partial charge is 0.322 e. The molecule has 1 aliphatic carbocycles. The second kappa shape index (κ2) is 3.57. The first-order chi connectivity index (χ1) is 8.09. The minimum atomic E-state index is -0.731. The van der Waals surface area contributed by atoms with Crippen LogP contribution in [0.2, 0.25) is 0 Å². The first-order valence-corrected chi connectivity index (χ1v) is 6.29. The van der Waals surface area contributed by atoms with E-state index in [1.54, 1.807) is 0 Å². The lowest BCUT2D eigenvalue weighted by molar-refractivity contribution is -0.124. The average molecular weight is 295 g/mol. The summed E-state index contributed by atoms with van der Waals surface area (Å²) in [4.78, 5) is 23.1. The molecule has 1 heterocycles. The number of aryl methyl sites for hydroxylation is 1. The number of urea groups is 1. The van der Waals surface area contributed by atoms with Crippen LogP contribution in [0.1, 0.15) is 17.5 Å². The molecule has 2 aliphatic rings. The molecule has 1 atom stereocenters. The van der Waals surface area contributed by atoms with Crippen LogP contribution in [0.25, 0.3) is 0 Å². The highest BCUT2D eigenvalue weighted by atomic mass is 79.9. The number of amides is 3. The number of halogens is 1. The lowest BCUT2D eigenvalue weighted by atomic mass is 9.78. The van der Waals surface area contributed by atoms with Gasteiger partial charge in [0.2, 0.25) is 0 Å². The van der Waals surface area contributed by atoms with Crippen molar-refractivity contribution < 1.29 is 9.59 Å². The third-order valence-corrected chi connectivity index (χ3v) is 3.99. The van der Waals surface area contributed by atoms with Crippen molar-refractivity contribution in [2.24, 2.45) is 0 Å². The van der Waals surface area contributed by atoms with Gasteiger partial charge in [-0.25, -0.2) is 4.79 Å². The van der Waals surface area contributed by atoms with Crippen molar-refractivity contribution in [3.63, 3.8) is 0 Å². The fraction of sp³-hybridized carbons (Fsp3) is 0.333. The van der Waals surface area contributed by atoms with Crippen LogP contribution in [0.15, 0.2) is 22.7 Å². The summed E-state index contributed by atoms with van der Waals surface area (Å²) in [5.41, 5.74) is 1.65. The van der Waals surface area contributed by atoms with Gasteiger partial charge < -0.3 is 5.32 Å². The van der Waals surface area contributed by atoms with Crippen molar-refractivity contribution >= 4 is 27.9 Å². The van der Waals surface area contributed by atoms with Crippen LogP contribution >= 0.6 is 15.9 Å². The van der Waals surface area contributed by atoms with Gasteiger partial charge in [-0.05, 0) is 36.1 Å². The number of benzene rings is 1. The van der Waals surface area contributed by atoms with Crippen molar-refractivity contribution in [2.75, 3.05) is 0 Å². The van der Waals surface area contributed by atoms with E-state index in [9.17, 15) is 9.59 Å². The number of hydrogen-bond donors (Lipinski definition) is 2. The molecule has 0 aromatic heterocycles. The van der Waals surface area contributed by atoms with Crippen molar-refractivity contribution in [3.8, 4) is 0 Å². The van der Waals surface area contributed by atoms with E-state index in [1.165, 1.54) is 5.56 Å². The first kappa shape index (κ1) is 10.8. The minimum absolute atomic E-state index is 0.201. The topological polar surface area (TPSA) is 58.2 Å². The third kappa shape index (κ3) is 1.65. The Hall–Kier alpha value is -1.36. The minimum Gasteiger partial charge on any atom is -0.323 e. The number of hydrogen-bond acceptors (Lipinski definition) is 2. The van der Waals surface area contributed by atoms with E-state index < -0.39 is 5.54 Å². The molecule has 3 amide bonds. The summed E-state index contributed by atoms with van der Waals surface area (Å²) in [7, 11) is 0. The zero-order valence-electron chi connectivity index (χ0n) is 9.05. The van der Waals surface area contributed by atoms with E-state index in [0.717, 1.165) is 16.5 Å². The Kier molecular flexibility index (Phi) is 2.26. The average Bonchev–Trinajstić information content (AvgIpc) is 2.53. The standard InChI is InChI=1S/C12H11BrN2O2/c13-9-2-1-7-3-4-12(6-8(7)5-9)10(16)14-11(17)15-12/h1-2,5H,3-4,6H2,(H2,14,15,16,17). The van der Waals surface area contributed by atoms with Gasteiger partial charge >= 0.3 is 6.03 Å². The lowest BCUT2D eigenvalue weighted by Gasteiger charge is -2.31. The molecule has 0 saturated carbocycles. The monoisotopic (exact) mass is 294 g/mol. The van der Waals surface area contributed by atoms with Crippen molar-refractivity contribution in [1.29, 1.82) is 0 Å². The van der Waals surface area contributed by atoms with Gasteiger partial charge in [-0.3, -0.25) is 10.1 Å². The Morgan fingerprint density at radius 1 is 1.24 bits per heavy atom. The van der Waals surface area contributed by atoms with E-state index in [2.05, 4.69) is 32.6 Å². The number of nitrogens with one attached hydrogen (secondary N) is 2. The number of carbonyl (C=O) groups excluding carboxylic acids is 2. The van der Waals surface area contributed by atoms with Crippen LogP contribution in [-0.4, -0.2) is 17.5 Å². The SMILES string of the molecule is O=C1NC(=O)C2(CCc3ccc(Br)cc3C2)N1. The van der Waals surface area contributed by atoms with Crippen molar-refractivity contribution in [1.82, 2.24) is 10.6 Å². The largest absolute Gasteiger partial charge is 0.323 e. The molecule has 5 heteroatoms. The van der Waals surface area contributed by atoms with Crippen LogP contribution in [0.5, 0.6) is 0 Å². The molecule has 1 unspecified atom stereocenters. The zero-order valence-corrected chi connectivity index (χ0v) is 10.6. The summed E-state index contributed by atoms with van der Waals surface area (Å²) >= 11 is 3.43. The van der Waals surface area contributed by atoms with E-state index in [0.29, 0.717) is 12.8 Å². The van der Waals surface area contributed by atoms with Gasteiger partial charge in [0.15, 0.2) is 0 Å². The highest BCUT2D eigenvalue weighted by Crippen LogP contribution is 2.32. The summed E-state index contributed by atoms with van der Waals surface area (Å²) in [5, 5.41) is 5.09. The van der Waals surface area contributed by atoms with Gasteiger partial charge in [0.1, 0.15) is 5.54 Å². The van der Waals surface area contributed by atoms with Crippen LogP contribution in [0, 0.1) is 0 Å². The normalized spacial score (nSPS) is 26.6. The summed E-state index contributed by atoms with van der Waals surface area (Å²) in [5.74, 6) is -0.201. The van der Waals surface area contributed by atoms with Gasteiger partial charge in [0.05, 0.1) is 0 Å². The Balaban J connectivity index is 1.99. The number of fused-ring (bicyclic) bond motifs is 1. The van der Waals surface area contributed by atoms with Gasteiger partial charge in [0.25, 0.3) is 5.91 Å². The van der Waals surface area contributed by atoms with E-state index in [-0.39, 0.29) is 11.9 Å². The molecule has 1 aliphatic heterocycles. The molecule has 0 bridgehead atoms. The fourth-order valence-corrected chi connectivity index (χ4v) is 3.00. The zero-order chi connectivity index (χ0) is 12.0. The Morgan fingerprint density at radius 3 is 2.76 bits per heavy atom. The quantitative estimate of drug-likeness (QED) is 0.713. The summed E-state index contributed by atoms with van der Waals surface area (Å²) in [6, 6.07) is 5.72. The van der Waals surface area contributed by atoms with E-state index >= 15 is 0 Å². The van der Waals surface area contributed by atoms with Crippen LogP contribution in [0.3, 0.4) is 0 Å². The molecule has 17 heavy (non-hydrogen) atoms. The van der Waals surface area contributed by atoms with Crippen LogP contribution in [0.4, 0.5) is 4.79 Å². The van der Waals surface area contributed by atoms with Gasteiger partial charge in [0, 0.05) is 10.9 Å². The number of imide groups is 1. The molecule has 2 N–H and O–H groups in total. The maximum Gasteiger partial charge on any atom is 0.322 e. The molecule has 1 saturated heterocycles. The molecular weight excluding hydrogens is 284 g/mol. The Morgan fingerprint density at radius 2 is 2.06 bits per heavy atom. The maximum absolute atomic E-state index is 11.9. The highest BCUT2D eigenvalue weighted by molar-refractivity contribution is 9.10. The molecule has 1 aromatic carbocycles. The lowest BCUT2D eigenvalue weighted by Crippen LogP contribution is -2.51. The van der Waals surface area contributed by atoms with Crippen molar-refractivity contribution in [3.05, 3.63) is 33.8 Å². The molecule has 1 spiro atoms. The molecule has 0 radical (unpaired) electrons. The molecule has 4 nitrogen and oxygen atoms in total. The van der Waals surface area contributed by atoms with E-state index in [4.69, 9.17) is 0 Å². The Bertz CT molecular complexity index is 529. The molecular formula is C12H11BrN2O2.